The van der Waals surface area contributed by atoms with E-state index in [1.165, 1.54) is 6.42 Å². The first kappa shape index (κ1) is 16.4. The smallest absolute Gasteiger partial charge is 0.409 e. The lowest BCUT2D eigenvalue weighted by Crippen LogP contribution is -2.30. The van der Waals surface area contributed by atoms with Gasteiger partial charge in [0.15, 0.2) is 0 Å². The molecule has 0 atom stereocenters. The van der Waals surface area contributed by atoms with Gasteiger partial charge in [-0.3, -0.25) is 0 Å². The summed E-state index contributed by atoms with van der Waals surface area (Å²) in [5.74, 6) is 0.567. The van der Waals surface area contributed by atoms with E-state index in [2.05, 4.69) is 0 Å². The van der Waals surface area contributed by atoms with Crippen LogP contribution in [0.3, 0.4) is 0 Å². The summed E-state index contributed by atoms with van der Waals surface area (Å²) in [6, 6.07) is 4.91. The zero-order valence-corrected chi connectivity index (χ0v) is 13.5. The van der Waals surface area contributed by atoms with Crippen molar-refractivity contribution in [2.24, 2.45) is 0 Å². The molecular weight excluding hydrogens is 337 g/mol. The van der Waals surface area contributed by atoms with Gasteiger partial charge in [-0.2, -0.15) is 8.42 Å². The Bertz CT molecular complexity index is 627. The first-order valence-electron chi connectivity index (χ1n) is 6.59. The van der Waals surface area contributed by atoms with E-state index in [9.17, 15) is 13.2 Å². The monoisotopic (exact) mass is 351 g/mol. The third-order valence-electron chi connectivity index (χ3n) is 3.42. The van der Waals surface area contributed by atoms with Crippen LogP contribution in [0.25, 0.3) is 0 Å². The molecular formula is C13H15Cl2NO4S. The highest BCUT2D eigenvalue weighted by Gasteiger charge is 2.22. The third-order valence-corrected chi connectivity index (χ3v) is 4.30. The van der Waals surface area contributed by atoms with Crippen molar-refractivity contribution < 1.29 is 17.9 Å². The van der Waals surface area contributed by atoms with Crippen molar-refractivity contribution in [3.8, 4) is 5.75 Å². The molecule has 1 fully saturated rings. The van der Waals surface area contributed by atoms with Crippen LogP contribution in [0, 0.1) is 0 Å². The van der Waals surface area contributed by atoms with Crippen LogP contribution in [0.5, 0.6) is 5.75 Å². The fraction of sp³-hybridized carbons (Fsp3) is 0.462. The van der Waals surface area contributed by atoms with Crippen LogP contribution in [0.1, 0.15) is 43.6 Å². The molecule has 0 saturated heterocycles. The summed E-state index contributed by atoms with van der Waals surface area (Å²) in [6.07, 6.45) is 4.26. The zero-order chi connectivity index (χ0) is 15.5. The number of amides is 1. The second-order valence-corrected chi connectivity index (χ2v) is 7.68. The lowest BCUT2D eigenvalue weighted by Gasteiger charge is -2.24. The highest BCUT2D eigenvalue weighted by molar-refractivity contribution is 8.12. The van der Waals surface area contributed by atoms with E-state index < -0.39 is 15.3 Å². The first-order valence-corrected chi connectivity index (χ1v) is 9.27. The predicted molar refractivity (Wildman–Crippen MR) is 81.2 cm³/mol. The summed E-state index contributed by atoms with van der Waals surface area (Å²) in [6.45, 7) is 0. The fourth-order valence-corrected chi connectivity index (χ4v) is 3.18. The van der Waals surface area contributed by atoms with Crippen molar-refractivity contribution in [1.82, 2.24) is 4.72 Å². The fourth-order valence-electron chi connectivity index (χ4n) is 2.57. The summed E-state index contributed by atoms with van der Waals surface area (Å²) >= 11 is 6.01. The standard InChI is InChI=1S/C13H15Cl2NO4S/c14-10-6-7-12(20-13(17)16-21(15,18)19)11(8-10)9-4-2-1-3-5-9/h6-9H,1-5H2,(H,16,17). The van der Waals surface area contributed by atoms with Crippen molar-refractivity contribution in [2.75, 3.05) is 0 Å². The number of ether oxygens (including phenoxy) is 1. The quantitative estimate of drug-likeness (QED) is 0.836. The number of hydrogen-bond acceptors (Lipinski definition) is 4. The number of nitrogens with one attached hydrogen (secondary N) is 1. The molecule has 1 aliphatic carbocycles. The Hall–Kier alpha value is -0.980. The molecule has 5 nitrogen and oxygen atoms in total. The summed E-state index contributed by atoms with van der Waals surface area (Å²) in [5, 5.41) is 0.549. The SMILES string of the molecule is O=C(NS(=O)(=O)Cl)Oc1ccc(Cl)cc1C1CCCCC1. The van der Waals surface area contributed by atoms with E-state index >= 15 is 0 Å². The average Bonchev–Trinajstić information content (AvgIpc) is 2.40. The average molecular weight is 352 g/mol. The predicted octanol–water partition coefficient (Wildman–Crippen LogP) is 3.96. The van der Waals surface area contributed by atoms with Gasteiger partial charge in [-0.25, -0.2) is 9.52 Å². The number of rotatable bonds is 3. The maximum atomic E-state index is 11.5. The molecule has 0 spiro atoms. The molecule has 2 rings (SSSR count). The lowest BCUT2D eigenvalue weighted by atomic mass is 9.84. The minimum atomic E-state index is -4.17. The summed E-state index contributed by atoms with van der Waals surface area (Å²) in [4.78, 5) is 11.5. The zero-order valence-electron chi connectivity index (χ0n) is 11.1. The van der Waals surface area contributed by atoms with Gasteiger partial charge in [0.25, 0.3) is 0 Å². The highest BCUT2D eigenvalue weighted by Crippen LogP contribution is 2.38. The first-order chi connectivity index (χ1) is 9.85. The lowest BCUT2D eigenvalue weighted by molar-refractivity contribution is 0.206. The van der Waals surface area contributed by atoms with Gasteiger partial charge in [-0.15, -0.1) is 0 Å². The van der Waals surface area contributed by atoms with Crippen molar-refractivity contribution in [3.63, 3.8) is 0 Å². The van der Waals surface area contributed by atoms with Gasteiger partial charge in [-0.05, 0) is 42.5 Å². The second-order valence-electron chi connectivity index (χ2n) is 4.95. The highest BCUT2D eigenvalue weighted by atomic mass is 35.7. The minimum absolute atomic E-state index is 0.257. The largest absolute Gasteiger partial charge is 0.427 e. The molecule has 0 unspecified atom stereocenters. The van der Waals surface area contributed by atoms with Gasteiger partial charge in [0.2, 0.25) is 0 Å². The molecule has 1 amide bonds. The Morgan fingerprint density at radius 3 is 2.52 bits per heavy atom. The molecule has 0 heterocycles. The molecule has 0 aliphatic heterocycles. The van der Waals surface area contributed by atoms with Gasteiger partial charge >= 0.3 is 15.3 Å². The summed E-state index contributed by atoms with van der Waals surface area (Å²) in [5.41, 5.74) is 0.823. The van der Waals surface area contributed by atoms with E-state index in [1.807, 2.05) is 0 Å². The van der Waals surface area contributed by atoms with Gasteiger partial charge in [0, 0.05) is 15.7 Å². The topological polar surface area (TPSA) is 72.5 Å². The summed E-state index contributed by atoms with van der Waals surface area (Å²) in [7, 11) is 0.779. The third kappa shape index (κ3) is 5.05. The number of halogens is 2. The second kappa shape index (κ2) is 6.85. The number of hydrogen-bond donors (Lipinski definition) is 1. The molecule has 1 aromatic carbocycles. The van der Waals surface area contributed by atoms with E-state index in [0.717, 1.165) is 31.2 Å². The van der Waals surface area contributed by atoms with Crippen LogP contribution in [0.4, 0.5) is 4.79 Å². The number of carbonyl (C=O) groups excluding carboxylic acids is 1. The van der Waals surface area contributed by atoms with Crippen LogP contribution in [-0.2, 0) is 9.24 Å². The van der Waals surface area contributed by atoms with Gasteiger partial charge in [0.1, 0.15) is 5.75 Å². The van der Waals surface area contributed by atoms with E-state index in [-0.39, 0.29) is 5.92 Å². The van der Waals surface area contributed by atoms with Crippen molar-refractivity contribution in [2.45, 2.75) is 38.0 Å². The molecule has 1 aromatic rings. The molecule has 0 bridgehead atoms. The van der Waals surface area contributed by atoms with Crippen LogP contribution in [-0.4, -0.2) is 14.5 Å². The molecule has 0 aromatic heterocycles. The van der Waals surface area contributed by atoms with Crippen LogP contribution >= 0.6 is 22.3 Å². The van der Waals surface area contributed by atoms with Gasteiger partial charge < -0.3 is 4.74 Å². The molecule has 0 radical (unpaired) electrons. The molecule has 1 saturated carbocycles. The maximum absolute atomic E-state index is 11.5. The maximum Gasteiger partial charge on any atom is 0.427 e. The van der Waals surface area contributed by atoms with Crippen molar-refractivity contribution in [3.05, 3.63) is 28.8 Å². The van der Waals surface area contributed by atoms with Crippen LogP contribution in [0.15, 0.2) is 18.2 Å². The number of benzene rings is 1. The van der Waals surface area contributed by atoms with Crippen molar-refractivity contribution >= 4 is 37.6 Å². The molecule has 116 valence electrons. The van der Waals surface area contributed by atoms with Crippen LogP contribution < -0.4 is 9.46 Å². The normalized spacial score (nSPS) is 16.5. The Balaban J connectivity index is 2.20. The molecule has 1 aliphatic rings. The van der Waals surface area contributed by atoms with Gasteiger partial charge in [0.05, 0.1) is 0 Å². The Morgan fingerprint density at radius 1 is 1.24 bits per heavy atom. The molecule has 8 heteroatoms. The van der Waals surface area contributed by atoms with Crippen molar-refractivity contribution in [1.29, 1.82) is 0 Å². The molecule has 1 N–H and O–H groups in total. The summed E-state index contributed by atoms with van der Waals surface area (Å²) < 4.78 is 28.2. The van der Waals surface area contributed by atoms with E-state index in [1.54, 1.807) is 22.9 Å². The van der Waals surface area contributed by atoms with E-state index in [4.69, 9.17) is 27.0 Å². The van der Waals surface area contributed by atoms with E-state index in [0.29, 0.717) is 10.8 Å². The Labute approximate surface area is 133 Å². The Morgan fingerprint density at radius 2 is 1.90 bits per heavy atom. The Kier molecular flexibility index (Phi) is 5.35. The van der Waals surface area contributed by atoms with Gasteiger partial charge in [-0.1, -0.05) is 30.9 Å². The number of carbonyl (C=O) groups is 1. The van der Waals surface area contributed by atoms with Crippen LogP contribution in [0.2, 0.25) is 5.02 Å². The minimum Gasteiger partial charge on any atom is -0.409 e. The molecule has 21 heavy (non-hydrogen) atoms.